The number of aromatic nitrogens is 3. The molecule has 2 amide bonds. The molecule has 144 valence electrons. The van der Waals surface area contributed by atoms with E-state index in [0.29, 0.717) is 29.9 Å². The van der Waals surface area contributed by atoms with Crippen molar-refractivity contribution in [2.24, 2.45) is 5.73 Å². The van der Waals surface area contributed by atoms with Gasteiger partial charge in [0, 0.05) is 55.6 Å². The summed E-state index contributed by atoms with van der Waals surface area (Å²) in [7, 11) is 0. The molecule has 4 rings (SSSR count). The van der Waals surface area contributed by atoms with E-state index in [2.05, 4.69) is 20.1 Å². The largest absolute Gasteiger partial charge is 0.366 e. The Morgan fingerprint density at radius 1 is 1.11 bits per heavy atom. The number of benzene rings is 1. The Bertz CT molecular complexity index is 1020. The lowest BCUT2D eigenvalue weighted by Crippen LogP contribution is -2.48. The highest BCUT2D eigenvalue weighted by atomic mass is 16.2. The Balaban J connectivity index is 1.37. The zero-order valence-corrected chi connectivity index (χ0v) is 15.7. The number of primary amides is 1. The van der Waals surface area contributed by atoms with Crippen LogP contribution < -0.4 is 5.73 Å². The molecular formula is C20H22N6O2. The maximum atomic E-state index is 12.8. The fraction of sp³-hybridized carbons (Fsp3) is 0.300. The first-order valence-electron chi connectivity index (χ1n) is 9.22. The molecule has 1 fully saturated rings. The molecule has 0 unspecified atom stereocenters. The number of nitrogens with zero attached hydrogens (tertiary/aromatic N) is 4. The van der Waals surface area contributed by atoms with Crippen molar-refractivity contribution in [2.45, 2.75) is 13.5 Å². The van der Waals surface area contributed by atoms with E-state index in [1.54, 1.807) is 18.3 Å². The molecule has 8 nitrogen and oxygen atoms in total. The number of H-pyrrole nitrogens is 1. The van der Waals surface area contributed by atoms with E-state index >= 15 is 0 Å². The molecule has 0 radical (unpaired) electrons. The number of nitrogens with two attached hydrogens (primary N) is 1. The first-order valence-corrected chi connectivity index (χ1v) is 9.22. The van der Waals surface area contributed by atoms with Gasteiger partial charge in [-0.3, -0.25) is 19.6 Å². The number of aromatic amines is 1. The minimum absolute atomic E-state index is 0.000427. The van der Waals surface area contributed by atoms with Gasteiger partial charge in [0.1, 0.15) is 0 Å². The fourth-order valence-corrected chi connectivity index (χ4v) is 3.46. The van der Waals surface area contributed by atoms with Gasteiger partial charge in [0.2, 0.25) is 5.91 Å². The first kappa shape index (κ1) is 18.1. The summed E-state index contributed by atoms with van der Waals surface area (Å²) in [5, 5.41) is 7.87. The lowest BCUT2D eigenvalue weighted by Gasteiger charge is -2.34. The van der Waals surface area contributed by atoms with Crippen molar-refractivity contribution < 1.29 is 9.59 Å². The maximum Gasteiger partial charge on any atom is 0.255 e. The third-order valence-electron chi connectivity index (χ3n) is 5.15. The van der Waals surface area contributed by atoms with Crippen molar-refractivity contribution in [2.75, 3.05) is 26.2 Å². The first-order chi connectivity index (χ1) is 13.5. The number of aryl methyl sites for hydroxylation is 1. The number of fused-ring (bicyclic) bond motifs is 1. The van der Waals surface area contributed by atoms with Crippen LogP contribution in [0.1, 0.15) is 32.0 Å². The summed E-state index contributed by atoms with van der Waals surface area (Å²) in [5.74, 6) is -0.419. The number of hydrogen-bond acceptors (Lipinski definition) is 5. The highest BCUT2D eigenvalue weighted by molar-refractivity contribution is 5.97. The monoisotopic (exact) mass is 378 g/mol. The van der Waals surface area contributed by atoms with Gasteiger partial charge >= 0.3 is 0 Å². The highest BCUT2D eigenvalue weighted by Gasteiger charge is 2.23. The summed E-state index contributed by atoms with van der Waals surface area (Å²) in [4.78, 5) is 32.4. The molecule has 1 aliphatic rings. The molecule has 3 heterocycles. The van der Waals surface area contributed by atoms with Crippen LogP contribution >= 0.6 is 0 Å². The van der Waals surface area contributed by atoms with Crippen LogP contribution in [0.4, 0.5) is 0 Å². The van der Waals surface area contributed by atoms with Crippen molar-refractivity contribution in [1.29, 1.82) is 0 Å². The smallest absolute Gasteiger partial charge is 0.255 e. The molecule has 0 spiro atoms. The molecule has 3 N–H and O–H groups in total. The molecule has 8 heteroatoms. The molecule has 3 aromatic rings. The van der Waals surface area contributed by atoms with E-state index in [1.165, 1.54) is 0 Å². The van der Waals surface area contributed by atoms with Gasteiger partial charge in [-0.15, -0.1) is 0 Å². The summed E-state index contributed by atoms with van der Waals surface area (Å²) >= 11 is 0. The Labute approximate surface area is 162 Å². The third-order valence-corrected chi connectivity index (χ3v) is 5.15. The molecule has 0 aliphatic carbocycles. The van der Waals surface area contributed by atoms with E-state index in [-0.39, 0.29) is 5.91 Å². The number of rotatable bonds is 4. The van der Waals surface area contributed by atoms with Gasteiger partial charge in [0.25, 0.3) is 5.91 Å². The van der Waals surface area contributed by atoms with Crippen LogP contribution in [0.2, 0.25) is 0 Å². The number of amides is 2. The summed E-state index contributed by atoms with van der Waals surface area (Å²) < 4.78 is 0. The highest BCUT2D eigenvalue weighted by Crippen LogP contribution is 2.17. The fourth-order valence-electron chi connectivity index (χ4n) is 3.46. The molecule has 1 saturated heterocycles. The number of carbonyl (C=O) groups is 2. The van der Waals surface area contributed by atoms with E-state index < -0.39 is 5.91 Å². The van der Waals surface area contributed by atoms with Crippen LogP contribution in [-0.4, -0.2) is 63.0 Å². The molecular weight excluding hydrogens is 356 g/mol. The predicted molar refractivity (Wildman–Crippen MR) is 105 cm³/mol. The second-order valence-electron chi connectivity index (χ2n) is 7.07. The average molecular weight is 378 g/mol. The minimum Gasteiger partial charge on any atom is -0.366 e. The molecule has 0 atom stereocenters. The van der Waals surface area contributed by atoms with E-state index in [4.69, 9.17) is 5.73 Å². The lowest BCUT2D eigenvalue weighted by atomic mass is 10.1. The lowest BCUT2D eigenvalue weighted by molar-refractivity contribution is 0.0628. The van der Waals surface area contributed by atoms with Crippen molar-refractivity contribution in [3.8, 4) is 0 Å². The molecule has 0 bridgehead atoms. The van der Waals surface area contributed by atoms with E-state index in [1.807, 2.05) is 30.0 Å². The Hall–Kier alpha value is -3.26. The summed E-state index contributed by atoms with van der Waals surface area (Å²) in [5.41, 5.74) is 9.03. The normalized spacial score (nSPS) is 15.1. The number of piperazine rings is 1. The van der Waals surface area contributed by atoms with Gasteiger partial charge in [0.05, 0.1) is 5.56 Å². The van der Waals surface area contributed by atoms with Gasteiger partial charge in [-0.2, -0.15) is 5.10 Å². The quantitative estimate of drug-likeness (QED) is 0.712. The SMILES string of the molecule is Cc1[nH]nc2ncc(C(=O)N3CCN(Cc4ccc(C(N)=O)cc4)CC3)cc12. The van der Waals surface area contributed by atoms with Gasteiger partial charge < -0.3 is 10.6 Å². The maximum absolute atomic E-state index is 12.8. The van der Waals surface area contributed by atoms with Gasteiger partial charge in [-0.25, -0.2) is 4.98 Å². The van der Waals surface area contributed by atoms with Crippen molar-refractivity contribution in [3.05, 3.63) is 58.9 Å². The van der Waals surface area contributed by atoms with E-state index in [9.17, 15) is 9.59 Å². The second kappa shape index (κ2) is 7.40. The van der Waals surface area contributed by atoms with Crippen molar-refractivity contribution >= 4 is 22.8 Å². The second-order valence-corrected chi connectivity index (χ2v) is 7.07. The molecule has 28 heavy (non-hydrogen) atoms. The molecule has 1 aliphatic heterocycles. The standard InChI is InChI=1S/C20H22N6O2/c1-13-17-10-16(11-22-19(17)24-23-13)20(28)26-8-6-25(7-9-26)12-14-2-4-15(5-3-14)18(21)27/h2-5,10-11H,6-9,12H2,1H3,(H2,21,27)(H,22,23,24). The van der Waals surface area contributed by atoms with Crippen LogP contribution in [-0.2, 0) is 6.54 Å². The topological polar surface area (TPSA) is 108 Å². The minimum atomic E-state index is -0.419. The average Bonchev–Trinajstić information content (AvgIpc) is 3.09. The zero-order chi connectivity index (χ0) is 19.7. The van der Waals surface area contributed by atoms with Crippen LogP contribution in [0, 0.1) is 6.92 Å². The van der Waals surface area contributed by atoms with Crippen LogP contribution in [0.25, 0.3) is 11.0 Å². The number of pyridine rings is 1. The van der Waals surface area contributed by atoms with E-state index in [0.717, 1.165) is 36.3 Å². The molecule has 2 aromatic heterocycles. The Morgan fingerprint density at radius 3 is 2.50 bits per heavy atom. The van der Waals surface area contributed by atoms with Gasteiger partial charge in [0.15, 0.2) is 5.65 Å². The summed E-state index contributed by atoms with van der Waals surface area (Å²) in [6.45, 7) is 5.62. The number of hydrogen-bond donors (Lipinski definition) is 2. The summed E-state index contributed by atoms with van der Waals surface area (Å²) in [6, 6.07) is 9.20. The van der Waals surface area contributed by atoms with Crippen LogP contribution in [0.15, 0.2) is 36.5 Å². The van der Waals surface area contributed by atoms with Crippen LogP contribution in [0.3, 0.4) is 0 Å². The molecule has 1 aromatic carbocycles. The third kappa shape index (κ3) is 3.59. The van der Waals surface area contributed by atoms with Gasteiger partial charge in [-0.1, -0.05) is 12.1 Å². The Kier molecular flexibility index (Phi) is 4.79. The van der Waals surface area contributed by atoms with Crippen molar-refractivity contribution in [3.63, 3.8) is 0 Å². The van der Waals surface area contributed by atoms with Crippen LogP contribution in [0.5, 0.6) is 0 Å². The summed E-state index contributed by atoms with van der Waals surface area (Å²) in [6.07, 6.45) is 1.59. The molecule has 0 saturated carbocycles. The number of nitrogens with one attached hydrogen (secondary N) is 1. The number of carbonyl (C=O) groups excluding carboxylic acids is 2. The van der Waals surface area contributed by atoms with Gasteiger partial charge in [-0.05, 0) is 30.7 Å². The zero-order valence-electron chi connectivity index (χ0n) is 15.7. The Morgan fingerprint density at radius 2 is 1.82 bits per heavy atom. The van der Waals surface area contributed by atoms with Crippen molar-refractivity contribution in [1.82, 2.24) is 25.0 Å². The predicted octanol–water partition coefficient (Wildman–Crippen LogP) is 1.32.